The molecule has 2 aliphatic rings. The number of nitrogens with zero attached hydrogens (tertiary/aromatic N) is 1. The molecule has 8 heteroatoms. The van der Waals surface area contributed by atoms with E-state index in [1.165, 1.54) is 6.07 Å². The van der Waals surface area contributed by atoms with Crippen LogP contribution in [0.2, 0.25) is 10.0 Å². The summed E-state index contributed by atoms with van der Waals surface area (Å²) in [6.07, 6.45) is 0.639. The lowest BCUT2D eigenvalue weighted by atomic mass is 9.80. The van der Waals surface area contributed by atoms with Gasteiger partial charge in [-0.05, 0) is 66.9 Å². The number of aromatic nitrogens is 1. The molecule has 0 bridgehead atoms. The number of benzene rings is 3. The van der Waals surface area contributed by atoms with Gasteiger partial charge in [0.25, 0.3) is 5.91 Å². The molecule has 2 N–H and O–H groups in total. The molecule has 4 aromatic rings. The number of carbonyl (C=O) groups is 1. The largest absolute Gasteiger partial charge is 0.497 e. The average molecular weight is 510 g/mol. The Labute approximate surface area is 211 Å². The maximum absolute atomic E-state index is 14.4. The molecule has 1 aromatic heterocycles. The van der Waals surface area contributed by atoms with Crippen LogP contribution in [0.1, 0.15) is 29.3 Å². The van der Waals surface area contributed by atoms with Crippen molar-refractivity contribution < 1.29 is 13.9 Å². The van der Waals surface area contributed by atoms with Crippen LogP contribution in [0.15, 0.2) is 54.6 Å². The van der Waals surface area contributed by atoms with Crippen molar-refractivity contribution in [1.82, 2.24) is 10.3 Å². The van der Waals surface area contributed by atoms with Crippen molar-refractivity contribution in [2.45, 2.75) is 31.5 Å². The molecule has 1 amide bonds. The van der Waals surface area contributed by atoms with Crippen molar-refractivity contribution in [1.29, 1.82) is 0 Å². The predicted molar refractivity (Wildman–Crippen MR) is 136 cm³/mol. The van der Waals surface area contributed by atoms with Gasteiger partial charge in [0.15, 0.2) is 5.54 Å². The number of rotatable bonds is 3. The monoisotopic (exact) mass is 509 g/mol. The second kappa shape index (κ2) is 7.98. The van der Waals surface area contributed by atoms with E-state index < -0.39 is 11.4 Å². The van der Waals surface area contributed by atoms with Crippen molar-refractivity contribution in [3.05, 3.63) is 92.8 Å². The van der Waals surface area contributed by atoms with Gasteiger partial charge >= 0.3 is 0 Å². The van der Waals surface area contributed by atoms with Crippen LogP contribution in [0.5, 0.6) is 5.75 Å². The number of fused-ring (bicyclic) bond motifs is 6. The predicted octanol–water partition coefficient (Wildman–Crippen LogP) is 5.95. The maximum atomic E-state index is 14.4. The lowest BCUT2D eigenvalue weighted by molar-refractivity contribution is -0.123. The van der Waals surface area contributed by atoms with Gasteiger partial charge in [-0.2, -0.15) is 0 Å². The molecule has 1 spiro atoms. The fourth-order valence-corrected chi connectivity index (χ4v) is 5.83. The molecule has 0 aliphatic carbocycles. The SMILES string of the molecule is COc1ccc(CN2C(=O)[C@@]3(NC(C)Cc4c3[nH]c3cc(Cl)c(F)cc43)c3cc(Cl)ccc32)cc1. The molecule has 0 saturated carbocycles. The fraction of sp³-hybridized carbons (Fsp3) is 0.222. The highest BCUT2D eigenvalue weighted by Gasteiger charge is 2.56. The summed E-state index contributed by atoms with van der Waals surface area (Å²) in [6.45, 7) is 2.41. The van der Waals surface area contributed by atoms with E-state index in [1.807, 2.05) is 43.3 Å². The first kappa shape index (κ1) is 22.4. The summed E-state index contributed by atoms with van der Waals surface area (Å²) < 4.78 is 19.7. The van der Waals surface area contributed by atoms with Crippen molar-refractivity contribution in [3.63, 3.8) is 0 Å². The lowest BCUT2D eigenvalue weighted by Gasteiger charge is -2.37. The highest BCUT2D eigenvalue weighted by Crippen LogP contribution is 2.50. The first-order valence-corrected chi connectivity index (χ1v) is 12.1. The van der Waals surface area contributed by atoms with E-state index in [1.54, 1.807) is 24.1 Å². The third-order valence-corrected chi connectivity index (χ3v) is 7.54. The van der Waals surface area contributed by atoms with E-state index in [4.69, 9.17) is 27.9 Å². The number of aromatic amines is 1. The molecule has 1 unspecified atom stereocenters. The van der Waals surface area contributed by atoms with Crippen molar-refractivity contribution in [2.24, 2.45) is 0 Å². The van der Waals surface area contributed by atoms with Gasteiger partial charge < -0.3 is 14.6 Å². The summed E-state index contributed by atoms with van der Waals surface area (Å²) in [5.41, 5.74) is 3.65. The first-order chi connectivity index (χ1) is 16.8. The molecule has 0 fully saturated rings. The lowest BCUT2D eigenvalue weighted by Crippen LogP contribution is -2.58. The van der Waals surface area contributed by atoms with Gasteiger partial charge in [-0.15, -0.1) is 0 Å². The molecular weight excluding hydrogens is 488 g/mol. The van der Waals surface area contributed by atoms with Gasteiger partial charge in [0.05, 0.1) is 30.1 Å². The molecule has 178 valence electrons. The number of carbonyl (C=O) groups excluding carboxylic acids is 1. The standard InChI is InChI=1S/C27H22Cl2FN3O2/c1-14-9-19-18-11-22(30)21(29)12-23(18)31-25(19)27(32-14)20-10-16(28)5-8-24(20)33(26(27)34)13-15-3-6-17(35-2)7-4-15/h3-8,10-12,14,31-32H,9,13H2,1-2H3/t14?,27-/m1/s1. The van der Waals surface area contributed by atoms with Crippen LogP contribution in [0.3, 0.4) is 0 Å². The van der Waals surface area contributed by atoms with Crippen LogP contribution >= 0.6 is 23.2 Å². The van der Waals surface area contributed by atoms with Crippen molar-refractivity contribution >= 4 is 45.7 Å². The molecule has 2 aliphatic heterocycles. The maximum Gasteiger partial charge on any atom is 0.258 e. The minimum absolute atomic E-state index is 0.0356. The highest BCUT2D eigenvalue weighted by molar-refractivity contribution is 6.31. The van der Waals surface area contributed by atoms with Crippen LogP contribution in [-0.4, -0.2) is 24.0 Å². The third-order valence-electron chi connectivity index (χ3n) is 7.01. The van der Waals surface area contributed by atoms with Crippen LogP contribution < -0.4 is 15.0 Å². The molecule has 35 heavy (non-hydrogen) atoms. The van der Waals surface area contributed by atoms with Gasteiger partial charge in [-0.3, -0.25) is 10.1 Å². The summed E-state index contributed by atoms with van der Waals surface area (Å²) in [5, 5.41) is 4.88. The Kier molecular flexibility index (Phi) is 5.11. The topological polar surface area (TPSA) is 57.4 Å². The molecule has 5 nitrogen and oxygen atoms in total. The normalized spacial score (nSPS) is 21.0. The fourth-order valence-electron chi connectivity index (χ4n) is 5.50. The Morgan fingerprint density at radius 3 is 2.66 bits per heavy atom. The zero-order valence-electron chi connectivity index (χ0n) is 19.1. The third kappa shape index (κ3) is 3.28. The van der Waals surface area contributed by atoms with Gasteiger partial charge in [-0.25, -0.2) is 4.39 Å². The molecule has 2 atom stereocenters. The number of amides is 1. The van der Waals surface area contributed by atoms with E-state index in [9.17, 15) is 9.18 Å². The van der Waals surface area contributed by atoms with Crippen molar-refractivity contribution in [2.75, 3.05) is 12.0 Å². The zero-order chi connectivity index (χ0) is 24.5. The van der Waals surface area contributed by atoms with E-state index in [0.29, 0.717) is 29.2 Å². The number of anilines is 1. The van der Waals surface area contributed by atoms with Gasteiger partial charge in [0, 0.05) is 27.5 Å². The Morgan fingerprint density at radius 2 is 1.91 bits per heavy atom. The van der Waals surface area contributed by atoms with Crippen LogP contribution in [0, 0.1) is 5.82 Å². The Morgan fingerprint density at radius 1 is 1.14 bits per heavy atom. The molecular formula is C27H22Cl2FN3O2. The Bertz CT molecular complexity index is 1500. The smallest absolute Gasteiger partial charge is 0.258 e. The number of halogens is 3. The first-order valence-electron chi connectivity index (χ1n) is 11.3. The van der Waals surface area contributed by atoms with Crippen LogP contribution in [0.4, 0.5) is 10.1 Å². The minimum Gasteiger partial charge on any atom is -0.497 e. The number of H-pyrrole nitrogens is 1. The molecule has 0 radical (unpaired) electrons. The van der Waals surface area contributed by atoms with Gasteiger partial charge in [-0.1, -0.05) is 35.3 Å². The second-order valence-corrected chi connectivity index (χ2v) is 10.0. The number of ether oxygens (including phenoxy) is 1. The molecule has 6 rings (SSSR count). The second-order valence-electron chi connectivity index (χ2n) is 9.19. The van der Waals surface area contributed by atoms with Crippen LogP contribution in [0.25, 0.3) is 10.9 Å². The van der Waals surface area contributed by atoms with E-state index in [-0.39, 0.29) is 17.0 Å². The number of nitrogens with one attached hydrogen (secondary N) is 2. The van der Waals surface area contributed by atoms with E-state index in [2.05, 4.69) is 10.3 Å². The number of methoxy groups -OCH3 is 1. The van der Waals surface area contributed by atoms with E-state index >= 15 is 0 Å². The summed E-state index contributed by atoms with van der Waals surface area (Å²) in [5.74, 6) is 0.154. The summed E-state index contributed by atoms with van der Waals surface area (Å²) >= 11 is 12.5. The van der Waals surface area contributed by atoms with Crippen molar-refractivity contribution in [3.8, 4) is 5.75 Å². The summed E-state index contributed by atoms with van der Waals surface area (Å²) in [7, 11) is 1.62. The summed E-state index contributed by atoms with van der Waals surface area (Å²) in [6, 6.07) is 16.2. The minimum atomic E-state index is -1.18. The molecule has 3 heterocycles. The molecule has 0 saturated heterocycles. The van der Waals surface area contributed by atoms with Gasteiger partial charge in [0.2, 0.25) is 0 Å². The quantitative estimate of drug-likeness (QED) is 0.358. The summed E-state index contributed by atoms with van der Waals surface area (Å²) in [4.78, 5) is 19.6. The average Bonchev–Trinajstić information content (AvgIpc) is 3.29. The Balaban J connectivity index is 1.56. The van der Waals surface area contributed by atoms with E-state index in [0.717, 1.165) is 33.5 Å². The highest BCUT2D eigenvalue weighted by atomic mass is 35.5. The Hall–Kier alpha value is -3.06. The van der Waals surface area contributed by atoms with Crippen LogP contribution in [-0.2, 0) is 23.3 Å². The number of hydrogen-bond donors (Lipinski definition) is 2. The van der Waals surface area contributed by atoms with Gasteiger partial charge in [0.1, 0.15) is 11.6 Å². The zero-order valence-corrected chi connectivity index (χ0v) is 20.6. The number of hydrogen-bond acceptors (Lipinski definition) is 3. The molecule has 3 aromatic carbocycles.